The molecule has 1 aromatic carbocycles. The van der Waals surface area contributed by atoms with Crippen molar-refractivity contribution in [2.45, 2.75) is 6.54 Å². The number of nitrogens with two attached hydrogens (primary N) is 1. The molecule has 0 bridgehead atoms. The third-order valence-electron chi connectivity index (χ3n) is 2.70. The number of carbonyl (C=O) groups is 1. The van der Waals surface area contributed by atoms with Gasteiger partial charge < -0.3 is 10.6 Å². The van der Waals surface area contributed by atoms with Gasteiger partial charge in [0.1, 0.15) is 11.5 Å². The van der Waals surface area contributed by atoms with Crippen molar-refractivity contribution < 1.29 is 4.79 Å². The molecule has 0 atom stereocenters. The molecule has 0 unspecified atom stereocenters. The predicted molar refractivity (Wildman–Crippen MR) is 78.6 cm³/mol. The summed E-state index contributed by atoms with van der Waals surface area (Å²) in [5.74, 6) is 0.197. The highest BCUT2D eigenvalue weighted by molar-refractivity contribution is 9.10. The highest BCUT2D eigenvalue weighted by Crippen LogP contribution is 2.18. The molecule has 0 aliphatic heterocycles. The Morgan fingerprint density at radius 3 is 2.68 bits per heavy atom. The molecule has 1 heterocycles. The van der Waals surface area contributed by atoms with E-state index in [1.165, 1.54) is 0 Å². The Hall–Kier alpha value is -1.88. The third kappa shape index (κ3) is 3.32. The van der Waals surface area contributed by atoms with Gasteiger partial charge in [0.2, 0.25) is 0 Å². The van der Waals surface area contributed by atoms with Crippen molar-refractivity contribution in [2.24, 2.45) is 0 Å². The molecule has 2 aromatic rings. The van der Waals surface area contributed by atoms with Crippen molar-refractivity contribution in [3.8, 4) is 0 Å². The van der Waals surface area contributed by atoms with Crippen molar-refractivity contribution in [2.75, 3.05) is 12.8 Å². The normalized spacial score (nSPS) is 10.2. The van der Waals surface area contributed by atoms with Gasteiger partial charge in [0.25, 0.3) is 5.91 Å². The van der Waals surface area contributed by atoms with Gasteiger partial charge in [-0.25, -0.2) is 4.98 Å². The number of pyridine rings is 1. The van der Waals surface area contributed by atoms with E-state index in [4.69, 9.17) is 5.73 Å². The monoisotopic (exact) mass is 319 g/mol. The summed E-state index contributed by atoms with van der Waals surface area (Å²) in [6, 6.07) is 12.8. The number of benzene rings is 1. The highest BCUT2D eigenvalue weighted by atomic mass is 79.9. The minimum absolute atomic E-state index is 0.150. The van der Waals surface area contributed by atoms with Crippen LogP contribution in [-0.2, 0) is 6.54 Å². The fraction of sp³-hybridized carbons (Fsp3) is 0.143. The van der Waals surface area contributed by atoms with E-state index in [0.717, 1.165) is 10.0 Å². The summed E-state index contributed by atoms with van der Waals surface area (Å²) in [5, 5.41) is 0. The van der Waals surface area contributed by atoms with Gasteiger partial charge >= 0.3 is 0 Å². The highest BCUT2D eigenvalue weighted by Gasteiger charge is 2.14. The van der Waals surface area contributed by atoms with E-state index in [1.54, 1.807) is 30.1 Å². The number of halogens is 1. The summed E-state index contributed by atoms with van der Waals surface area (Å²) >= 11 is 3.47. The Labute approximate surface area is 120 Å². The van der Waals surface area contributed by atoms with Crippen LogP contribution in [0.2, 0.25) is 0 Å². The molecule has 1 amide bonds. The van der Waals surface area contributed by atoms with Crippen LogP contribution in [0.4, 0.5) is 5.82 Å². The first-order valence-electron chi connectivity index (χ1n) is 5.79. The Kier molecular flexibility index (Phi) is 4.16. The van der Waals surface area contributed by atoms with Gasteiger partial charge in [-0.15, -0.1) is 0 Å². The zero-order chi connectivity index (χ0) is 13.8. The lowest BCUT2D eigenvalue weighted by atomic mass is 10.2. The van der Waals surface area contributed by atoms with Crippen LogP contribution in [0.5, 0.6) is 0 Å². The Morgan fingerprint density at radius 2 is 2.00 bits per heavy atom. The molecule has 98 valence electrons. The van der Waals surface area contributed by atoms with Crippen LogP contribution >= 0.6 is 15.9 Å². The van der Waals surface area contributed by atoms with Crippen molar-refractivity contribution in [1.82, 2.24) is 9.88 Å². The maximum Gasteiger partial charge on any atom is 0.272 e. The van der Waals surface area contributed by atoms with Crippen LogP contribution in [0.3, 0.4) is 0 Å². The van der Waals surface area contributed by atoms with E-state index >= 15 is 0 Å². The molecule has 0 spiro atoms. The second kappa shape index (κ2) is 5.84. The molecule has 2 N–H and O–H groups in total. The van der Waals surface area contributed by atoms with Crippen molar-refractivity contribution >= 4 is 27.7 Å². The number of amides is 1. The SMILES string of the molecule is CN(Cc1ccccc1Br)C(=O)c1cccc(N)n1. The molecular weight excluding hydrogens is 306 g/mol. The summed E-state index contributed by atoms with van der Waals surface area (Å²) < 4.78 is 0.982. The lowest BCUT2D eigenvalue weighted by molar-refractivity contribution is 0.0779. The summed E-state index contributed by atoms with van der Waals surface area (Å²) in [7, 11) is 1.74. The molecule has 19 heavy (non-hydrogen) atoms. The first-order valence-corrected chi connectivity index (χ1v) is 6.58. The number of anilines is 1. The molecule has 0 aliphatic rings. The fourth-order valence-corrected chi connectivity index (χ4v) is 2.13. The van der Waals surface area contributed by atoms with Gasteiger partial charge in [-0.3, -0.25) is 4.79 Å². The van der Waals surface area contributed by atoms with E-state index in [2.05, 4.69) is 20.9 Å². The minimum Gasteiger partial charge on any atom is -0.384 e. The second-order valence-corrected chi connectivity index (χ2v) is 5.05. The number of hydrogen-bond acceptors (Lipinski definition) is 3. The zero-order valence-electron chi connectivity index (χ0n) is 10.5. The maximum atomic E-state index is 12.2. The van der Waals surface area contributed by atoms with Crippen LogP contribution in [0.1, 0.15) is 16.1 Å². The van der Waals surface area contributed by atoms with E-state index in [0.29, 0.717) is 18.1 Å². The molecule has 0 saturated heterocycles. The minimum atomic E-state index is -0.150. The van der Waals surface area contributed by atoms with Gasteiger partial charge in [-0.1, -0.05) is 40.2 Å². The molecule has 4 nitrogen and oxygen atoms in total. The van der Waals surface area contributed by atoms with Gasteiger partial charge in [-0.05, 0) is 23.8 Å². The predicted octanol–water partition coefficient (Wildman–Crippen LogP) is 2.70. The molecule has 0 radical (unpaired) electrons. The van der Waals surface area contributed by atoms with Crippen LogP contribution in [0.25, 0.3) is 0 Å². The van der Waals surface area contributed by atoms with E-state index in [-0.39, 0.29) is 5.91 Å². The smallest absolute Gasteiger partial charge is 0.272 e. The number of nitrogen functional groups attached to an aromatic ring is 1. The molecule has 5 heteroatoms. The summed E-state index contributed by atoms with van der Waals surface area (Å²) in [6.07, 6.45) is 0. The van der Waals surface area contributed by atoms with Crippen molar-refractivity contribution in [1.29, 1.82) is 0 Å². The first-order chi connectivity index (χ1) is 9.08. The van der Waals surface area contributed by atoms with E-state index < -0.39 is 0 Å². The number of aromatic nitrogens is 1. The van der Waals surface area contributed by atoms with Gasteiger partial charge in [-0.2, -0.15) is 0 Å². The zero-order valence-corrected chi connectivity index (χ0v) is 12.1. The van der Waals surface area contributed by atoms with E-state index in [1.807, 2.05) is 24.3 Å². The van der Waals surface area contributed by atoms with Crippen LogP contribution in [-0.4, -0.2) is 22.8 Å². The number of rotatable bonds is 3. The molecule has 1 aromatic heterocycles. The second-order valence-electron chi connectivity index (χ2n) is 4.20. The summed E-state index contributed by atoms with van der Waals surface area (Å²) in [5.41, 5.74) is 6.98. The molecule has 0 fully saturated rings. The average Bonchev–Trinajstić information content (AvgIpc) is 2.40. The summed E-state index contributed by atoms with van der Waals surface area (Å²) in [6.45, 7) is 0.511. The Morgan fingerprint density at radius 1 is 1.26 bits per heavy atom. The third-order valence-corrected chi connectivity index (χ3v) is 3.48. The fourth-order valence-electron chi connectivity index (χ4n) is 1.72. The molecule has 2 rings (SSSR count). The van der Waals surface area contributed by atoms with Crippen LogP contribution < -0.4 is 5.73 Å². The van der Waals surface area contributed by atoms with Crippen molar-refractivity contribution in [3.63, 3.8) is 0 Å². The summed E-state index contributed by atoms with van der Waals surface area (Å²) in [4.78, 5) is 17.9. The average molecular weight is 320 g/mol. The molecule has 0 saturated carbocycles. The van der Waals surface area contributed by atoms with Crippen LogP contribution in [0.15, 0.2) is 46.9 Å². The van der Waals surface area contributed by atoms with Crippen LogP contribution in [0, 0.1) is 0 Å². The standard InChI is InChI=1S/C14H14BrN3O/c1-18(9-10-5-2-3-6-11(10)15)14(19)12-7-4-8-13(16)17-12/h2-8H,9H2,1H3,(H2,16,17). The first kappa shape index (κ1) is 13.5. The molecular formula is C14H14BrN3O. The largest absolute Gasteiger partial charge is 0.384 e. The van der Waals surface area contributed by atoms with Gasteiger partial charge in [0, 0.05) is 18.1 Å². The molecule has 0 aliphatic carbocycles. The van der Waals surface area contributed by atoms with E-state index in [9.17, 15) is 4.79 Å². The maximum absolute atomic E-state index is 12.2. The lowest BCUT2D eigenvalue weighted by Gasteiger charge is -2.17. The Balaban J connectivity index is 2.14. The number of nitrogens with zero attached hydrogens (tertiary/aromatic N) is 2. The number of hydrogen-bond donors (Lipinski definition) is 1. The van der Waals surface area contributed by atoms with Gasteiger partial charge in [0.15, 0.2) is 0 Å². The van der Waals surface area contributed by atoms with Gasteiger partial charge in [0.05, 0.1) is 0 Å². The number of carbonyl (C=O) groups excluding carboxylic acids is 1. The van der Waals surface area contributed by atoms with Crippen molar-refractivity contribution in [3.05, 3.63) is 58.2 Å². The lowest BCUT2D eigenvalue weighted by Crippen LogP contribution is -2.27. The topological polar surface area (TPSA) is 59.2 Å². The Bertz CT molecular complexity index is 601. The quantitative estimate of drug-likeness (QED) is 0.946.